The van der Waals surface area contributed by atoms with Crippen molar-refractivity contribution >= 4 is 32.5 Å². The van der Waals surface area contributed by atoms with Crippen LogP contribution in [0, 0.1) is 5.92 Å². The molecule has 0 atom stereocenters. The van der Waals surface area contributed by atoms with Gasteiger partial charge in [-0.25, -0.2) is 8.42 Å². The lowest BCUT2D eigenvalue weighted by Gasteiger charge is -2.03. The van der Waals surface area contributed by atoms with E-state index >= 15 is 0 Å². The lowest BCUT2D eigenvalue weighted by Crippen LogP contribution is -2.16. The molecule has 0 amide bonds. The van der Waals surface area contributed by atoms with Gasteiger partial charge >= 0.3 is 5.97 Å². The number of carbonyl (C=O) groups is 1. The predicted octanol–water partition coefficient (Wildman–Crippen LogP) is 1.19. The molecule has 1 aliphatic carbocycles. The lowest BCUT2D eigenvalue weighted by atomic mass is 10.3. The molecule has 2 rings (SSSR count). The van der Waals surface area contributed by atoms with Gasteiger partial charge in [0, 0.05) is 6.42 Å². The second-order valence-corrected chi connectivity index (χ2v) is 7.63. The summed E-state index contributed by atoms with van der Waals surface area (Å²) in [5.74, 6) is 0.359. The van der Waals surface area contributed by atoms with Gasteiger partial charge < -0.3 is 4.74 Å². The van der Waals surface area contributed by atoms with Gasteiger partial charge in [0.15, 0.2) is 0 Å². The maximum absolute atomic E-state index is 11.8. The predicted molar refractivity (Wildman–Crippen MR) is 75.0 cm³/mol. The molecule has 1 aromatic rings. The van der Waals surface area contributed by atoms with Crippen LogP contribution in [0.1, 0.15) is 30.7 Å². The van der Waals surface area contributed by atoms with Gasteiger partial charge in [0.1, 0.15) is 5.01 Å². The Morgan fingerprint density at radius 2 is 2.20 bits per heavy atom. The molecule has 7 nitrogen and oxygen atoms in total. The molecule has 1 heterocycles. The highest BCUT2D eigenvalue weighted by molar-refractivity contribution is 7.92. The lowest BCUT2D eigenvalue weighted by molar-refractivity contribution is -0.140. The van der Waals surface area contributed by atoms with Crippen molar-refractivity contribution in [2.45, 2.75) is 32.1 Å². The molecule has 112 valence electrons. The van der Waals surface area contributed by atoms with E-state index in [1.807, 2.05) is 0 Å². The number of aromatic nitrogens is 2. The minimum atomic E-state index is -3.35. The second-order valence-electron chi connectivity index (χ2n) is 4.73. The van der Waals surface area contributed by atoms with Gasteiger partial charge in [0.2, 0.25) is 15.2 Å². The molecule has 0 spiro atoms. The first kappa shape index (κ1) is 15.2. The highest BCUT2D eigenvalue weighted by atomic mass is 32.2. The quantitative estimate of drug-likeness (QED) is 0.723. The topological polar surface area (TPSA) is 98.2 Å². The van der Waals surface area contributed by atoms with Crippen LogP contribution in [0.5, 0.6) is 0 Å². The number of ether oxygens (including phenoxy) is 1. The summed E-state index contributed by atoms with van der Waals surface area (Å²) < 4.78 is 30.6. The summed E-state index contributed by atoms with van der Waals surface area (Å²) in [5, 5.41) is 8.48. The van der Waals surface area contributed by atoms with Crippen LogP contribution in [0.15, 0.2) is 0 Å². The fourth-order valence-electron chi connectivity index (χ4n) is 1.62. The minimum absolute atomic E-state index is 0.120. The Kier molecular flexibility index (Phi) is 4.92. The number of anilines is 1. The zero-order chi connectivity index (χ0) is 14.6. The van der Waals surface area contributed by atoms with Crippen molar-refractivity contribution in [3.8, 4) is 0 Å². The third-order valence-electron chi connectivity index (χ3n) is 2.97. The molecule has 0 radical (unpaired) electrons. The number of aryl methyl sites for hydroxylation is 1. The van der Waals surface area contributed by atoms with Crippen molar-refractivity contribution in [2.24, 2.45) is 5.92 Å². The zero-order valence-electron chi connectivity index (χ0n) is 11.2. The van der Waals surface area contributed by atoms with Crippen LogP contribution in [0.4, 0.5) is 5.13 Å². The Balaban J connectivity index is 1.83. The Morgan fingerprint density at radius 1 is 1.45 bits per heavy atom. The average Bonchev–Trinajstić information content (AvgIpc) is 3.14. The number of hydrogen-bond donors (Lipinski definition) is 1. The highest BCUT2D eigenvalue weighted by Crippen LogP contribution is 2.32. The van der Waals surface area contributed by atoms with Crippen LogP contribution in [0.25, 0.3) is 0 Å². The standard InChI is InChI=1S/C11H17N3O4S2/c1-18-10(15)5-4-9-12-13-11(19-9)14-20(16,17)7-6-8-2-3-8/h8H,2-7H2,1H3,(H,13,14). The Morgan fingerprint density at radius 3 is 2.85 bits per heavy atom. The maximum Gasteiger partial charge on any atom is 0.305 e. The average molecular weight is 319 g/mol. The molecular formula is C11H17N3O4S2. The van der Waals surface area contributed by atoms with Gasteiger partial charge in [-0.1, -0.05) is 24.2 Å². The minimum Gasteiger partial charge on any atom is -0.469 e. The zero-order valence-corrected chi connectivity index (χ0v) is 12.8. The van der Waals surface area contributed by atoms with Gasteiger partial charge in [0.05, 0.1) is 19.3 Å². The molecule has 0 aliphatic heterocycles. The van der Waals surface area contributed by atoms with Crippen LogP contribution in [0.2, 0.25) is 0 Å². The van der Waals surface area contributed by atoms with E-state index in [9.17, 15) is 13.2 Å². The van der Waals surface area contributed by atoms with E-state index < -0.39 is 10.0 Å². The Labute approximate surface area is 121 Å². The molecule has 1 saturated carbocycles. The second kappa shape index (κ2) is 6.49. The van der Waals surface area contributed by atoms with E-state index in [0.29, 0.717) is 23.8 Å². The van der Waals surface area contributed by atoms with Crippen molar-refractivity contribution in [3.63, 3.8) is 0 Å². The normalized spacial score (nSPS) is 15.1. The third-order valence-corrected chi connectivity index (χ3v) is 5.28. The van der Waals surface area contributed by atoms with Gasteiger partial charge in [-0.2, -0.15) is 0 Å². The molecule has 20 heavy (non-hydrogen) atoms. The van der Waals surface area contributed by atoms with E-state index in [1.165, 1.54) is 7.11 Å². The van der Waals surface area contributed by atoms with E-state index in [-0.39, 0.29) is 23.3 Å². The van der Waals surface area contributed by atoms with Crippen molar-refractivity contribution in [1.29, 1.82) is 0 Å². The number of hydrogen-bond acceptors (Lipinski definition) is 7. The van der Waals surface area contributed by atoms with Crippen molar-refractivity contribution in [3.05, 3.63) is 5.01 Å². The summed E-state index contributed by atoms with van der Waals surface area (Å²) in [6.07, 6.45) is 3.56. The molecule has 0 unspecified atom stereocenters. The molecule has 0 saturated heterocycles. The monoisotopic (exact) mass is 319 g/mol. The van der Waals surface area contributed by atoms with Crippen molar-refractivity contribution in [1.82, 2.24) is 10.2 Å². The number of nitrogens with zero attached hydrogens (tertiary/aromatic N) is 2. The number of sulfonamides is 1. The van der Waals surface area contributed by atoms with Crippen molar-refractivity contribution in [2.75, 3.05) is 17.6 Å². The number of rotatable bonds is 8. The molecule has 1 aliphatic rings. The van der Waals surface area contributed by atoms with Crippen LogP contribution < -0.4 is 4.72 Å². The van der Waals surface area contributed by atoms with Crippen LogP contribution in [-0.2, 0) is 26.0 Å². The van der Waals surface area contributed by atoms with Crippen LogP contribution in [-0.4, -0.2) is 37.4 Å². The summed E-state index contributed by atoms with van der Waals surface area (Å²) in [7, 11) is -2.02. The largest absolute Gasteiger partial charge is 0.469 e. The van der Waals surface area contributed by atoms with E-state index in [1.54, 1.807) is 0 Å². The SMILES string of the molecule is COC(=O)CCc1nnc(NS(=O)(=O)CCC2CC2)s1. The van der Waals surface area contributed by atoms with Gasteiger partial charge in [-0.15, -0.1) is 10.2 Å². The first-order chi connectivity index (χ1) is 9.48. The molecule has 1 N–H and O–H groups in total. The van der Waals surface area contributed by atoms with E-state index in [4.69, 9.17) is 0 Å². The summed E-state index contributed by atoms with van der Waals surface area (Å²) in [4.78, 5) is 11.0. The number of carbonyl (C=O) groups excluding carboxylic acids is 1. The Hall–Kier alpha value is -1.22. The molecule has 0 aromatic carbocycles. The highest BCUT2D eigenvalue weighted by Gasteiger charge is 2.24. The van der Waals surface area contributed by atoms with Gasteiger partial charge in [0.25, 0.3) is 0 Å². The number of methoxy groups -OCH3 is 1. The third kappa shape index (κ3) is 5.04. The van der Waals surface area contributed by atoms with Gasteiger partial charge in [-0.05, 0) is 12.3 Å². The van der Waals surface area contributed by atoms with Gasteiger partial charge in [-0.3, -0.25) is 9.52 Å². The van der Waals surface area contributed by atoms with Crippen LogP contribution >= 0.6 is 11.3 Å². The summed E-state index contributed by atoms with van der Waals surface area (Å²) >= 11 is 1.14. The molecule has 1 fully saturated rings. The summed E-state index contributed by atoms with van der Waals surface area (Å²) in [5.41, 5.74) is 0. The summed E-state index contributed by atoms with van der Waals surface area (Å²) in [6, 6.07) is 0. The first-order valence-corrected chi connectivity index (χ1v) is 8.85. The summed E-state index contributed by atoms with van der Waals surface area (Å²) in [6.45, 7) is 0. The van der Waals surface area contributed by atoms with Crippen LogP contribution in [0.3, 0.4) is 0 Å². The number of nitrogens with one attached hydrogen (secondary N) is 1. The maximum atomic E-state index is 11.8. The molecule has 9 heteroatoms. The smallest absolute Gasteiger partial charge is 0.305 e. The number of esters is 1. The van der Waals surface area contributed by atoms with Crippen molar-refractivity contribution < 1.29 is 17.9 Å². The fraction of sp³-hybridized carbons (Fsp3) is 0.727. The Bertz CT molecular complexity index is 566. The van der Waals surface area contributed by atoms with E-state index in [0.717, 1.165) is 24.2 Å². The first-order valence-electron chi connectivity index (χ1n) is 6.38. The molecule has 0 bridgehead atoms. The van der Waals surface area contributed by atoms with E-state index in [2.05, 4.69) is 19.7 Å². The fourth-order valence-corrected chi connectivity index (χ4v) is 3.81. The molecular weight excluding hydrogens is 302 g/mol. The molecule has 1 aromatic heterocycles.